The van der Waals surface area contributed by atoms with Crippen molar-refractivity contribution in [3.63, 3.8) is 0 Å². The zero-order chi connectivity index (χ0) is 12.4. The predicted octanol–water partition coefficient (Wildman–Crippen LogP) is 2.85. The molecule has 0 saturated heterocycles. The summed E-state index contributed by atoms with van der Waals surface area (Å²) in [4.78, 5) is 18.4. The maximum atomic E-state index is 10.8. The molecule has 0 unspecified atom stereocenters. The summed E-state index contributed by atoms with van der Waals surface area (Å²) in [7, 11) is 0. The first-order chi connectivity index (χ1) is 8.06. The van der Waals surface area contributed by atoms with Gasteiger partial charge in [-0.05, 0) is 30.5 Å². The number of nitrogens with zero attached hydrogens (tertiary/aromatic N) is 1. The van der Waals surface area contributed by atoms with Gasteiger partial charge in [0, 0.05) is 6.42 Å². The topological polar surface area (TPSA) is 66.0 Å². The number of benzene rings is 1. The van der Waals surface area contributed by atoms with E-state index in [2.05, 4.69) is 23.8 Å². The summed E-state index contributed by atoms with van der Waals surface area (Å²) >= 11 is 0. The van der Waals surface area contributed by atoms with Gasteiger partial charge in [0.2, 0.25) is 0 Å². The van der Waals surface area contributed by atoms with Gasteiger partial charge in [-0.2, -0.15) is 0 Å². The van der Waals surface area contributed by atoms with Crippen LogP contribution >= 0.6 is 0 Å². The molecule has 2 aromatic rings. The zero-order valence-electron chi connectivity index (χ0n) is 10.0. The second kappa shape index (κ2) is 4.57. The van der Waals surface area contributed by atoms with Crippen LogP contribution in [0.4, 0.5) is 0 Å². The highest BCUT2D eigenvalue weighted by molar-refractivity contribution is 5.92. The van der Waals surface area contributed by atoms with E-state index in [0.717, 1.165) is 29.7 Å². The number of imidazole rings is 1. The second-order valence-electron chi connectivity index (χ2n) is 4.65. The minimum atomic E-state index is -0.912. The Kier molecular flexibility index (Phi) is 3.13. The zero-order valence-corrected chi connectivity index (χ0v) is 10.0. The summed E-state index contributed by atoms with van der Waals surface area (Å²) in [6.07, 6.45) is 1.97. The standard InChI is InChI=1S/C13H16N2O2/c1-8(2)3-6-12-14-10-5-4-9(13(16)17)7-11(10)15-12/h4-5,7-8H,3,6H2,1-2H3,(H,14,15)(H,16,17). The van der Waals surface area contributed by atoms with Gasteiger partial charge in [-0.25, -0.2) is 9.78 Å². The normalized spacial score (nSPS) is 11.2. The van der Waals surface area contributed by atoms with E-state index < -0.39 is 5.97 Å². The molecule has 0 aliphatic rings. The molecule has 0 bridgehead atoms. The molecule has 4 nitrogen and oxygen atoms in total. The molecule has 0 atom stereocenters. The fraction of sp³-hybridized carbons (Fsp3) is 0.385. The Hall–Kier alpha value is -1.84. The van der Waals surface area contributed by atoms with E-state index in [1.807, 2.05) is 0 Å². The maximum absolute atomic E-state index is 10.8. The fourth-order valence-electron chi connectivity index (χ4n) is 1.74. The number of rotatable bonds is 4. The van der Waals surface area contributed by atoms with Crippen LogP contribution in [0, 0.1) is 5.92 Å². The third-order valence-electron chi connectivity index (χ3n) is 2.74. The summed E-state index contributed by atoms with van der Waals surface area (Å²) in [5.74, 6) is 0.652. The summed E-state index contributed by atoms with van der Waals surface area (Å²) in [5, 5.41) is 8.89. The number of hydrogen-bond acceptors (Lipinski definition) is 2. The third kappa shape index (κ3) is 2.64. The molecule has 0 aliphatic carbocycles. The van der Waals surface area contributed by atoms with E-state index in [9.17, 15) is 4.79 Å². The number of aromatic nitrogens is 2. The van der Waals surface area contributed by atoms with Gasteiger partial charge in [0.1, 0.15) is 5.82 Å². The highest BCUT2D eigenvalue weighted by Crippen LogP contribution is 2.15. The average molecular weight is 232 g/mol. The number of carboxylic acids is 1. The van der Waals surface area contributed by atoms with Crippen molar-refractivity contribution in [2.75, 3.05) is 0 Å². The molecule has 0 spiro atoms. The molecule has 4 heteroatoms. The lowest BCUT2D eigenvalue weighted by Gasteiger charge is -2.00. The van der Waals surface area contributed by atoms with Crippen molar-refractivity contribution >= 4 is 17.0 Å². The number of aromatic amines is 1. The van der Waals surface area contributed by atoms with Gasteiger partial charge in [-0.1, -0.05) is 13.8 Å². The van der Waals surface area contributed by atoms with Gasteiger partial charge in [-0.15, -0.1) is 0 Å². The van der Waals surface area contributed by atoms with Gasteiger partial charge >= 0.3 is 5.97 Å². The molecule has 17 heavy (non-hydrogen) atoms. The lowest BCUT2D eigenvalue weighted by Crippen LogP contribution is -1.94. The smallest absolute Gasteiger partial charge is 0.335 e. The Morgan fingerprint density at radius 2 is 2.24 bits per heavy atom. The largest absolute Gasteiger partial charge is 0.478 e. The van der Waals surface area contributed by atoms with E-state index in [1.54, 1.807) is 18.2 Å². The highest BCUT2D eigenvalue weighted by Gasteiger charge is 2.07. The number of H-pyrrole nitrogens is 1. The van der Waals surface area contributed by atoms with Crippen LogP contribution < -0.4 is 0 Å². The van der Waals surface area contributed by atoms with Crippen molar-refractivity contribution in [1.29, 1.82) is 0 Å². The summed E-state index contributed by atoms with van der Waals surface area (Å²) in [6, 6.07) is 4.95. The Bertz CT molecular complexity index is 543. The number of carboxylic acid groups (broad SMARTS) is 1. The second-order valence-corrected chi connectivity index (χ2v) is 4.65. The molecule has 0 amide bonds. The Balaban J connectivity index is 2.27. The van der Waals surface area contributed by atoms with E-state index in [4.69, 9.17) is 5.11 Å². The van der Waals surface area contributed by atoms with Crippen LogP contribution in [0.5, 0.6) is 0 Å². The summed E-state index contributed by atoms with van der Waals surface area (Å²) in [5.41, 5.74) is 1.91. The first kappa shape index (κ1) is 11.6. The van der Waals surface area contributed by atoms with E-state index >= 15 is 0 Å². The van der Waals surface area contributed by atoms with Crippen molar-refractivity contribution in [2.45, 2.75) is 26.7 Å². The first-order valence-electron chi connectivity index (χ1n) is 5.78. The molecule has 1 aromatic carbocycles. The Labute approximate surface area is 99.7 Å². The van der Waals surface area contributed by atoms with Crippen LogP contribution in [0.3, 0.4) is 0 Å². The van der Waals surface area contributed by atoms with Crippen LogP contribution in [0.2, 0.25) is 0 Å². The number of aromatic carboxylic acids is 1. The summed E-state index contributed by atoms with van der Waals surface area (Å²) in [6.45, 7) is 4.34. The highest BCUT2D eigenvalue weighted by atomic mass is 16.4. The van der Waals surface area contributed by atoms with Crippen LogP contribution in [0.1, 0.15) is 36.5 Å². The molecule has 2 N–H and O–H groups in total. The number of carbonyl (C=O) groups is 1. The molecule has 2 rings (SSSR count). The van der Waals surface area contributed by atoms with Crippen LogP contribution in [0.15, 0.2) is 18.2 Å². The van der Waals surface area contributed by atoms with Gasteiger partial charge in [0.25, 0.3) is 0 Å². The average Bonchev–Trinajstić information content (AvgIpc) is 2.67. The van der Waals surface area contributed by atoms with E-state index in [1.165, 1.54) is 0 Å². The number of aryl methyl sites for hydroxylation is 1. The van der Waals surface area contributed by atoms with Crippen LogP contribution in [0.25, 0.3) is 11.0 Å². The molecule has 0 saturated carbocycles. The van der Waals surface area contributed by atoms with Gasteiger partial charge < -0.3 is 10.1 Å². The van der Waals surface area contributed by atoms with Crippen molar-refractivity contribution in [2.24, 2.45) is 5.92 Å². The summed E-state index contributed by atoms with van der Waals surface area (Å²) < 4.78 is 0. The van der Waals surface area contributed by atoms with Crippen molar-refractivity contribution in [3.05, 3.63) is 29.6 Å². The van der Waals surface area contributed by atoms with Crippen molar-refractivity contribution < 1.29 is 9.90 Å². The SMILES string of the molecule is CC(C)CCc1nc2ccc(C(=O)O)cc2[nH]1. The van der Waals surface area contributed by atoms with Crippen LogP contribution in [-0.2, 0) is 6.42 Å². The molecule has 0 aliphatic heterocycles. The minimum absolute atomic E-state index is 0.288. The van der Waals surface area contributed by atoms with Crippen LogP contribution in [-0.4, -0.2) is 21.0 Å². The van der Waals surface area contributed by atoms with E-state index in [-0.39, 0.29) is 5.56 Å². The monoisotopic (exact) mass is 232 g/mol. The lowest BCUT2D eigenvalue weighted by molar-refractivity contribution is 0.0697. The number of fused-ring (bicyclic) bond motifs is 1. The molecule has 0 radical (unpaired) electrons. The Morgan fingerprint density at radius 3 is 2.88 bits per heavy atom. The molecule has 0 fully saturated rings. The lowest BCUT2D eigenvalue weighted by atomic mass is 10.1. The predicted molar refractivity (Wildman–Crippen MR) is 66.2 cm³/mol. The fourth-order valence-corrected chi connectivity index (χ4v) is 1.74. The quantitative estimate of drug-likeness (QED) is 0.851. The van der Waals surface area contributed by atoms with Gasteiger partial charge in [-0.3, -0.25) is 0 Å². The molecule has 1 heterocycles. The molecular weight excluding hydrogens is 216 g/mol. The molecule has 1 aromatic heterocycles. The maximum Gasteiger partial charge on any atom is 0.335 e. The number of nitrogens with one attached hydrogen (secondary N) is 1. The van der Waals surface area contributed by atoms with Gasteiger partial charge in [0.05, 0.1) is 16.6 Å². The first-order valence-corrected chi connectivity index (χ1v) is 5.78. The van der Waals surface area contributed by atoms with E-state index in [0.29, 0.717) is 5.92 Å². The van der Waals surface area contributed by atoms with Gasteiger partial charge in [0.15, 0.2) is 0 Å². The van der Waals surface area contributed by atoms with Crippen molar-refractivity contribution in [3.8, 4) is 0 Å². The number of hydrogen-bond donors (Lipinski definition) is 2. The molecular formula is C13H16N2O2. The van der Waals surface area contributed by atoms with Crippen molar-refractivity contribution in [1.82, 2.24) is 9.97 Å². The molecule has 90 valence electrons. The minimum Gasteiger partial charge on any atom is -0.478 e. The Morgan fingerprint density at radius 1 is 1.47 bits per heavy atom. The third-order valence-corrected chi connectivity index (χ3v) is 2.74.